The number of pyridine rings is 1. The number of benzene rings is 1. The predicted octanol–water partition coefficient (Wildman–Crippen LogP) is 3.04. The van der Waals surface area contributed by atoms with Crippen molar-refractivity contribution in [3.8, 4) is 11.3 Å². The second kappa shape index (κ2) is 9.18. The molecule has 2 aromatic heterocycles. The first-order valence-electron chi connectivity index (χ1n) is 11.5. The summed E-state index contributed by atoms with van der Waals surface area (Å²) < 4.78 is 49.0. The number of aryl methyl sites for hydroxylation is 1. The molecule has 0 saturated carbocycles. The lowest BCUT2D eigenvalue weighted by Crippen LogP contribution is -2.56. The van der Waals surface area contributed by atoms with Crippen LogP contribution in [0.5, 0.6) is 0 Å². The number of methoxy groups -OCH3 is 1. The van der Waals surface area contributed by atoms with E-state index in [1.54, 1.807) is 11.9 Å². The number of hydrogen-bond acceptors (Lipinski definition) is 6. The number of hydrogen-bond donors (Lipinski definition) is 1. The number of fused-ring (bicyclic) bond motifs is 1. The molecule has 1 aromatic carbocycles. The second-order valence-electron chi connectivity index (χ2n) is 9.09. The Hall–Kier alpha value is -3.08. The maximum Gasteiger partial charge on any atom is 0.409 e. The van der Waals surface area contributed by atoms with E-state index in [9.17, 15) is 4.79 Å². The van der Waals surface area contributed by atoms with Crippen LogP contribution in [0, 0.1) is 18.6 Å². The van der Waals surface area contributed by atoms with E-state index < -0.39 is 23.3 Å². The Morgan fingerprint density at radius 1 is 1.29 bits per heavy atom. The number of halogens is 2. The minimum atomic E-state index is -0.691. The SMILES string of the molecule is CNC1(c2cc(F)c(-c3nc4cc(C)ccn4c3C[C@H]3CN(C(=O)OC)CCO3)c(F)c2)COC1. The van der Waals surface area contributed by atoms with Gasteiger partial charge in [-0.05, 0) is 49.4 Å². The Morgan fingerprint density at radius 2 is 2.03 bits per heavy atom. The van der Waals surface area contributed by atoms with Crippen LogP contribution in [0.3, 0.4) is 0 Å². The van der Waals surface area contributed by atoms with Gasteiger partial charge in [0.1, 0.15) is 17.3 Å². The molecule has 1 atom stereocenters. The third kappa shape index (κ3) is 4.15. The monoisotopic (exact) mass is 486 g/mol. The second-order valence-corrected chi connectivity index (χ2v) is 9.09. The average Bonchev–Trinajstić information content (AvgIpc) is 3.14. The zero-order valence-electron chi connectivity index (χ0n) is 19.9. The Kier molecular flexibility index (Phi) is 6.20. The molecule has 2 fully saturated rings. The van der Waals surface area contributed by atoms with Gasteiger partial charge in [0.15, 0.2) is 0 Å². The van der Waals surface area contributed by atoms with Gasteiger partial charge in [-0.2, -0.15) is 0 Å². The molecule has 0 unspecified atom stereocenters. The van der Waals surface area contributed by atoms with Crippen molar-refractivity contribution < 1.29 is 27.8 Å². The van der Waals surface area contributed by atoms with Crippen LogP contribution in [0.25, 0.3) is 16.9 Å². The number of rotatable bonds is 5. The van der Waals surface area contributed by atoms with Crippen LogP contribution in [0.2, 0.25) is 0 Å². The predicted molar refractivity (Wildman–Crippen MR) is 124 cm³/mol. The molecule has 35 heavy (non-hydrogen) atoms. The molecule has 2 aliphatic rings. The molecule has 186 valence electrons. The van der Waals surface area contributed by atoms with E-state index in [0.29, 0.717) is 56.2 Å². The number of morpholine rings is 1. The fourth-order valence-corrected chi connectivity index (χ4v) is 4.78. The Balaban J connectivity index is 1.57. The van der Waals surface area contributed by atoms with Gasteiger partial charge in [-0.3, -0.25) is 0 Å². The summed E-state index contributed by atoms with van der Waals surface area (Å²) in [6.07, 6.45) is 1.33. The molecule has 5 rings (SSSR count). The van der Waals surface area contributed by atoms with Crippen LogP contribution in [0.4, 0.5) is 13.6 Å². The number of carbonyl (C=O) groups excluding carboxylic acids is 1. The van der Waals surface area contributed by atoms with Gasteiger partial charge in [0.2, 0.25) is 0 Å². The lowest BCUT2D eigenvalue weighted by atomic mass is 9.87. The van der Waals surface area contributed by atoms with E-state index in [4.69, 9.17) is 14.2 Å². The van der Waals surface area contributed by atoms with Crippen molar-refractivity contribution in [2.45, 2.75) is 25.0 Å². The molecule has 10 heteroatoms. The molecule has 2 aliphatic heterocycles. The summed E-state index contributed by atoms with van der Waals surface area (Å²) in [6.45, 7) is 3.69. The summed E-state index contributed by atoms with van der Waals surface area (Å²) in [5.74, 6) is -1.38. The number of nitrogens with zero attached hydrogens (tertiary/aromatic N) is 3. The highest BCUT2D eigenvalue weighted by Crippen LogP contribution is 2.36. The highest BCUT2D eigenvalue weighted by molar-refractivity contribution is 5.69. The van der Waals surface area contributed by atoms with Crippen LogP contribution in [0.1, 0.15) is 16.8 Å². The van der Waals surface area contributed by atoms with Gasteiger partial charge in [0, 0.05) is 19.2 Å². The van der Waals surface area contributed by atoms with Crippen molar-refractivity contribution in [1.29, 1.82) is 0 Å². The molecule has 4 heterocycles. The van der Waals surface area contributed by atoms with Crippen LogP contribution < -0.4 is 5.32 Å². The van der Waals surface area contributed by atoms with Gasteiger partial charge in [-0.25, -0.2) is 18.6 Å². The first kappa shape index (κ1) is 23.7. The molecule has 1 N–H and O–H groups in total. The Labute approximate surface area is 201 Å². The average molecular weight is 487 g/mol. The molecule has 0 bridgehead atoms. The van der Waals surface area contributed by atoms with E-state index in [0.717, 1.165) is 5.56 Å². The number of likely N-dealkylation sites (N-methyl/N-ethyl adjacent to an activating group) is 1. The van der Waals surface area contributed by atoms with Crippen LogP contribution in [-0.2, 0) is 26.2 Å². The van der Waals surface area contributed by atoms with Crippen LogP contribution >= 0.6 is 0 Å². The summed E-state index contributed by atoms with van der Waals surface area (Å²) in [4.78, 5) is 18.2. The molecule has 3 aromatic rings. The van der Waals surface area contributed by atoms with Gasteiger partial charge in [-0.1, -0.05) is 0 Å². The van der Waals surface area contributed by atoms with Gasteiger partial charge < -0.3 is 28.8 Å². The van der Waals surface area contributed by atoms with Crippen LogP contribution in [0.15, 0.2) is 30.5 Å². The molecule has 8 nitrogen and oxygen atoms in total. The molecule has 0 radical (unpaired) electrons. The maximum atomic E-state index is 15.5. The number of ether oxygens (including phenoxy) is 3. The molecule has 0 aliphatic carbocycles. The van der Waals surface area contributed by atoms with E-state index in [2.05, 4.69) is 10.3 Å². The van der Waals surface area contributed by atoms with Crippen molar-refractivity contribution >= 4 is 11.7 Å². The summed E-state index contributed by atoms with van der Waals surface area (Å²) in [5.41, 5.74) is 2.10. The number of imidazole rings is 1. The molecule has 0 spiro atoms. The van der Waals surface area contributed by atoms with Crippen molar-refractivity contribution in [2.75, 3.05) is 47.1 Å². The highest BCUT2D eigenvalue weighted by atomic mass is 19.1. The zero-order chi connectivity index (χ0) is 24.7. The first-order valence-corrected chi connectivity index (χ1v) is 11.5. The van der Waals surface area contributed by atoms with Gasteiger partial charge >= 0.3 is 6.09 Å². The van der Waals surface area contributed by atoms with Gasteiger partial charge in [-0.15, -0.1) is 0 Å². The van der Waals surface area contributed by atoms with Crippen molar-refractivity contribution in [1.82, 2.24) is 19.6 Å². The Morgan fingerprint density at radius 3 is 2.66 bits per heavy atom. The van der Waals surface area contributed by atoms with Crippen molar-refractivity contribution in [2.24, 2.45) is 0 Å². The topological polar surface area (TPSA) is 77.3 Å². The third-order valence-corrected chi connectivity index (χ3v) is 6.88. The quantitative estimate of drug-likeness (QED) is 0.598. The first-order chi connectivity index (χ1) is 16.8. The number of aromatic nitrogens is 2. The smallest absolute Gasteiger partial charge is 0.409 e. The molecular formula is C25H28F2N4O4. The standard InChI is InChI=1S/C25H28F2N4O4/c1-15-4-5-31-20(11-17-12-30(6-7-35-17)24(32)33-3)23(29-21(31)8-15)22-18(26)9-16(10-19(22)27)25(28-2)13-34-14-25/h4-5,8-10,17,28H,6-7,11-14H2,1-3H3/t17-/m0/s1. The minimum absolute atomic E-state index is 0.183. The number of nitrogens with one attached hydrogen (secondary N) is 1. The Bertz CT molecular complexity index is 1250. The van der Waals surface area contributed by atoms with E-state index >= 15 is 8.78 Å². The lowest BCUT2D eigenvalue weighted by Gasteiger charge is -2.41. The van der Waals surface area contributed by atoms with Crippen molar-refractivity contribution in [3.63, 3.8) is 0 Å². The molecule has 1 amide bonds. The normalized spacial score (nSPS) is 19.6. The fraction of sp³-hybridized carbons (Fsp3) is 0.440. The van der Waals surface area contributed by atoms with E-state index in [-0.39, 0.29) is 17.4 Å². The largest absolute Gasteiger partial charge is 0.453 e. The molecular weight excluding hydrogens is 458 g/mol. The summed E-state index contributed by atoms with van der Waals surface area (Å²) >= 11 is 0. The van der Waals surface area contributed by atoms with Gasteiger partial charge in [0.25, 0.3) is 0 Å². The zero-order valence-corrected chi connectivity index (χ0v) is 19.9. The highest BCUT2D eigenvalue weighted by Gasteiger charge is 2.40. The summed E-state index contributed by atoms with van der Waals surface area (Å²) in [7, 11) is 3.08. The van der Waals surface area contributed by atoms with E-state index in [1.807, 2.05) is 29.7 Å². The summed E-state index contributed by atoms with van der Waals surface area (Å²) in [6, 6.07) is 6.48. The molecule has 2 saturated heterocycles. The number of carbonyl (C=O) groups is 1. The van der Waals surface area contributed by atoms with Crippen LogP contribution in [-0.4, -0.2) is 73.5 Å². The van der Waals surface area contributed by atoms with Crippen molar-refractivity contribution in [3.05, 3.63) is 58.9 Å². The van der Waals surface area contributed by atoms with E-state index in [1.165, 1.54) is 19.2 Å². The fourth-order valence-electron chi connectivity index (χ4n) is 4.78. The summed E-state index contributed by atoms with van der Waals surface area (Å²) in [5, 5.41) is 3.12. The third-order valence-electron chi connectivity index (χ3n) is 6.88. The lowest BCUT2D eigenvalue weighted by molar-refractivity contribution is -0.0750. The number of amides is 1. The minimum Gasteiger partial charge on any atom is -0.453 e. The maximum absolute atomic E-state index is 15.5. The van der Waals surface area contributed by atoms with Gasteiger partial charge in [0.05, 0.1) is 62.1 Å².